The molecule has 1 aromatic carbocycles. The molecule has 0 aliphatic heterocycles. The Kier molecular flexibility index (Phi) is 7.96. The maximum atomic E-state index is 13.3. The minimum Gasteiger partial charge on any atom is -0.345 e. The average Bonchev–Trinajstić information content (AvgIpc) is 3.19. The molecule has 2 N–H and O–H groups in total. The van der Waals surface area contributed by atoms with Crippen molar-refractivity contribution >= 4 is 76.6 Å². The first kappa shape index (κ1) is 26.1. The summed E-state index contributed by atoms with van der Waals surface area (Å²) >= 11 is 12.9. The number of carbonyl (C=O) groups excluding carboxylic acids is 3. The number of halogens is 3. The monoisotopic (exact) mass is 630 g/mol. The van der Waals surface area contributed by atoms with Crippen molar-refractivity contribution in [1.29, 1.82) is 0 Å². The van der Waals surface area contributed by atoms with E-state index in [9.17, 15) is 22.8 Å². The molecule has 34 heavy (non-hydrogen) atoms. The molecule has 0 saturated heterocycles. The molecular formula is C21H17Br2ClN4O5S. The summed E-state index contributed by atoms with van der Waals surface area (Å²) in [6.07, 6.45) is 2.41. The minimum absolute atomic E-state index is 0.0500. The highest BCUT2D eigenvalue weighted by Crippen LogP contribution is 2.32. The quantitative estimate of drug-likeness (QED) is 0.405. The molecular weight excluding hydrogens is 616 g/mol. The molecule has 2 amide bonds. The van der Waals surface area contributed by atoms with Crippen LogP contribution >= 0.6 is 43.5 Å². The molecule has 2 aromatic heterocycles. The summed E-state index contributed by atoms with van der Waals surface area (Å²) in [5, 5.41) is 5.07. The van der Waals surface area contributed by atoms with Crippen LogP contribution in [-0.2, 0) is 14.6 Å². The highest BCUT2D eigenvalue weighted by atomic mass is 79.9. The summed E-state index contributed by atoms with van der Waals surface area (Å²) in [7, 11) is -3.76. The predicted octanol–water partition coefficient (Wildman–Crippen LogP) is 4.03. The SMILES string of the molecule is CC(=O)CNC(=O)c1cc(Br)cc(Br)c1NC(=O)c1ccc(S(C)(=O)=O)n1-c1ncccc1Cl. The normalized spacial score (nSPS) is 11.2. The van der Waals surface area contributed by atoms with Crippen molar-refractivity contribution in [2.45, 2.75) is 11.9 Å². The number of rotatable bonds is 7. The van der Waals surface area contributed by atoms with Crippen molar-refractivity contribution in [2.24, 2.45) is 0 Å². The van der Waals surface area contributed by atoms with E-state index in [0.717, 1.165) is 10.8 Å². The first-order valence-electron chi connectivity index (χ1n) is 9.51. The third-order valence-corrected chi connectivity index (χ3v) is 6.90. The topological polar surface area (TPSA) is 127 Å². The number of Topliss-reactive ketones (excluding diaryl/α,β-unsaturated/α-hetero) is 1. The number of pyridine rings is 1. The Labute approximate surface area is 217 Å². The zero-order valence-electron chi connectivity index (χ0n) is 17.7. The third kappa shape index (κ3) is 5.74. The average molecular weight is 633 g/mol. The number of ketones is 1. The van der Waals surface area contributed by atoms with Crippen molar-refractivity contribution in [3.05, 3.63) is 67.8 Å². The van der Waals surface area contributed by atoms with E-state index < -0.39 is 21.7 Å². The molecule has 0 spiro atoms. The lowest BCUT2D eigenvalue weighted by atomic mass is 10.1. The number of hydrogen-bond donors (Lipinski definition) is 2. The van der Waals surface area contributed by atoms with Gasteiger partial charge in [0.2, 0.25) is 0 Å². The molecule has 0 aliphatic rings. The van der Waals surface area contributed by atoms with Gasteiger partial charge in [-0.3, -0.25) is 19.0 Å². The van der Waals surface area contributed by atoms with Gasteiger partial charge in [0.05, 0.1) is 22.8 Å². The number of aromatic nitrogens is 2. The zero-order chi connectivity index (χ0) is 25.2. The highest BCUT2D eigenvalue weighted by Gasteiger charge is 2.26. The van der Waals surface area contributed by atoms with Crippen molar-refractivity contribution in [3.8, 4) is 5.82 Å². The van der Waals surface area contributed by atoms with Gasteiger partial charge in [-0.05, 0) is 59.3 Å². The van der Waals surface area contributed by atoms with Gasteiger partial charge in [-0.1, -0.05) is 27.5 Å². The van der Waals surface area contributed by atoms with Crippen LogP contribution in [-0.4, -0.2) is 48.4 Å². The number of anilines is 1. The molecule has 3 aromatic rings. The van der Waals surface area contributed by atoms with Gasteiger partial charge in [-0.15, -0.1) is 0 Å². The Morgan fingerprint density at radius 3 is 2.44 bits per heavy atom. The van der Waals surface area contributed by atoms with E-state index in [1.54, 1.807) is 12.1 Å². The Morgan fingerprint density at radius 2 is 1.82 bits per heavy atom. The molecule has 0 fully saturated rings. The summed E-state index contributed by atoms with van der Waals surface area (Å²) in [6.45, 7) is 1.14. The smallest absolute Gasteiger partial charge is 0.272 e. The van der Waals surface area contributed by atoms with Crippen molar-refractivity contribution in [2.75, 3.05) is 18.1 Å². The van der Waals surface area contributed by atoms with Crippen LogP contribution in [0.3, 0.4) is 0 Å². The number of nitrogens with zero attached hydrogens (tertiary/aromatic N) is 2. The second-order valence-corrected chi connectivity index (χ2v) is 11.3. The van der Waals surface area contributed by atoms with Crippen LogP contribution in [0.15, 0.2) is 56.6 Å². The van der Waals surface area contributed by atoms with Crippen LogP contribution in [0, 0.1) is 0 Å². The van der Waals surface area contributed by atoms with Gasteiger partial charge in [0.1, 0.15) is 16.5 Å². The fourth-order valence-corrected chi connectivity index (χ4v) is 5.36. The number of hydrogen-bond acceptors (Lipinski definition) is 6. The van der Waals surface area contributed by atoms with Gasteiger partial charge >= 0.3 is 0 Å². The molecule has 0 aliphatic carbocycles. The van der Waals surface area contributed by atoms with Crippen LogP contribution in [0.4, 0.5) is 5.69 Å². The third-order valence-electron chi connectivity index (χ3n) is 4.44. The molecule has 9 nitrogen and oxygen atoms in total. The van der Waals surface area contributed by atoms with Crippen LogP contribution < -0.4 is 10.6 Å². The number of nitrogens with one attached hydrogen (secondary N) is 2. The van der Waals surface area contributed by atoms with E-state index in [0.29, 0.717) is 8.95 Å². The van der Waals surface area contributed by atoms with Crippen molar-refractivity contribution in [3.63, 3.8) is 0 Å². The molecule has 0 bridgehead atoms. The van der Waals surface area contributed by atoms with E-state index in [-0.39, 0.29) is 45.1 Å². The molecule has 0 unspecified atom stereocenters. The Hall–Kier alpha value is -2.54. The van der Waals surface area contributed by atoms with E-state index >= 15 is 0 Å². The zero-order valence-corrected chi connectivity index (χ0v) is 22.5. The number of benzene rings is 1. The van der Waals surface area contributed by atoms with E-state index in [4.69, 9.17) is 11.6 Å². The van der Waals surface area contributed by atoms with Gasteiger partial charge < -0.3 is 10.6 Å². The number of carbonyl (C=O) groups is 3. The van der Waals surface area contributed by atoms with E-state index in [1.807, 2.05) is 0 Å². The Morgan fingerprint density at radius 1 is 1.12 bits per heavy atom. The predicted molar refractivity (Wildman–Crippen MR) is 134 cm³/mol. The molecule has 0 saturated carbocycles. The second-order valence-electron chi connectivity index (χ2n) is 7.12. The molecule has 13 heteroatoms. The summed E-state index contributed by atoms with van der Waals surface area (Å²) in [5.41, 5.74) is 0.120. The van der Waals surface area contributed by atoms with Gasteiger partial charge in [0, 0.05) is 21.4 Å². The van der Waals surface area contributed by atoms with Crippen LogP contribution in [0.5, 0.6) is 0 Å². The Bertz CT molecular complexity index is 1420. The minimum atomic E-state index is -3.76. The fourth-order valence-electron chi connectivity index (χ4n) is 3.00. The van der Waals surface area contributed by atoms with E-state index in [2.05, 4.69) is 47.5 Å². The summed E-state index contributed by atoms with van der Waals surface area (Å²) in [5.74, 6) is -1.51. The molecule has 0 atom stereocenters. The summed E-state index contributed by atoms with van der Waals surface area (Å²) in [4.78, 5) is 41.4. The number of amides is 2. The molecule has 178 valence electrons. The fraction of sp³-hybridized carbons (Fsp3) is 0.143. The number of sulfone groups is 1. The lowest BCUT2D eigenvalue weighted by Crippen LogP contribution is -2.29. The largest absolute Gasteiger partial charge is 0.345 e. The summed E-state index contributed by atoms with van der Waals surface area (Å²) < 4.78 is 26.8. The van der Waals surface area contributed by atoms with Crippen molar-refractivity contribution in [1.82, 2.24) is 14.9 Å². The lowest BCUT2D eigenvalue weighted by Gasteiger charge is -2.16. The van der Waals surface area contributed by atoms with Crippen LogP contribution in [0.1, 0.15) is 27.8 Å². The maximum absolute atomic E-state index is 13.3. The van der Waals surface area contributed by atoms with Crippen LogP contribution in [0.2, 0.25) is 5.02 Å². The van der Waals surface area contributed by atoms with Gasteiger partial charge in [-0.25, -0.2) is 13.4 Å². The van der Waals surface area contributed by atoms with Gasteiger partial charge in [0.25, 0.3) is 11.8 Å². The first-order chi connectivity index (χ1) is 15.9. The maximum Gasteiger partial charge on any atom is 0.272 e. The highest BCUT2D eigenvalue weighted by molar-refractivity contribution is 9.11. The summed E-state index contributed by atoms with van der Waals surface area (Å²) in [6, 6.07) is 8.77. The lowest BCUT2D eigenvalue weighted by molar-refractivity contribution is -0.116. The van der Waals surface area contributed by atoms with Gasteiger partial charge in [-0.2, -0.15) is 0 Å². The molecule has 2 heterocycles. The van der Waals surface area contributed by atoms with Crippen LogP contribution in [0.25, 0.3) is 5.82 Å². The second kappa shape index (κ2) is 10.4. The van der Waals surface area contributed by atoms with Crippen molar-refractivity contribution < 1.29 is 22.8 Å². The molecule has 0 radical (unpaired) electrons. The first-order valence-corrected chi connectivity index (χ1v) is 13.4. The van der Waals surface area contributed by atoms with Gasteiger partial charge in [0.15, 0.2) is 15.7 Å². The van der Waals surface area contributed by atoms with E-state index in [1.165, 1.54) is 37.4 Å². The standard InChI is InChI=1S/C21H17Br2ClN4O5S/c1-11(29)10-26-20(30)13-8-12(22)9-14(23)18(13)27-21(31)16-5-6-17(34(2,32)33)28(16)19-15(24)4-3-7-25-19/h3-9H,10H2,1-2H3,(H,26,30)(H,27,31). The Balaban J connectivity index is 2.10. The molecule has 3 rings (SSSR count).